The molecule has 0 amide bonds. The Morgan fingerprint density at radius 2 is 1.92 bits per heavy atom. The number of benzene rings is 1. The van der Waals surface area contributed by atoms with Crippen LogP contribution in [-0.2, 0) is 9.47 Å². The molecule has 1 N–H and O–H groups in total. The van der Waals surface area contributed by atoms with E-state index in [1.807, 2.05) is 23.9 Å². The Labute approximate surface area is 209 Å². The molecule has 1 aromatic carbocycles. The highest BCUT2D eigenvalue weighted by Gasteiger charge is 2.36. The van der Waals surface area contributed by atoms with E-state index in [0.717, 1.165) is 40.8 Å². The minimum absolute atomic E-state index is 0.0255. The van der Waals surface area contributed by atoms with Crippen molar-refractivity contribution in [3.8, 4) is 5.82 Å². The molecule has 3 atom stereocenters. The van der Waals surface area contributed by atoms with Crippen LogP contribution in [0.2, 0.25) is 0 Å². The molecule has 3 aliphatic rings. The fraction of sp³-hybridized carbons (Fsp3) is 0.577. The first-order chi connectivity index (χ1) is 17.5. The lowest BCUT2D eigenvalue weighted by atomic mass is 9.84. The lowest BCUT2D eigenvalue weighted by Crippen LogP contribution is -2.54. The lowest BCUT2D eigenvalue weighted by molar-refractivity contribution is -0.0807. The van der Waals surface area contributed by atoms with Crippen LogP contribution in [0.5, 0.6) is 0 Å². The van der Waals surface area contributed by atoms with Gasteiger partial charge in [0.15, 0.2) is 5.82 Å². The third-order valence-corrected chi connectivity index (χ3v) is 7.76. The summed E-state index contributed by atoms with van der Waals surface area (Å²) in [4.78, 5) is 13.7. The smallest absolute Gasteiger partial charge is 0.159 e. The summed E-state index contributed by atoms with van der Waals surface area (Å²) in [6.07, 6.45) is 1.48. The fourth-order valence-corrected chi connectivity index (χ4v) is 5.68. The van der Waals surface area contributed by atoms with Crippen molar-refractivity contribution in [3.05, 3.63) is 41.3 Å². The van der Waals surface area contributed by atoms with E-state index < -0.39 is 6.17 Å². The Morgan fingerprint density at radius 1 is 1.08 bits per heavy atom. The third-order valence-electron chi connectivity index (χ3n) is 7.76. The number of nitrogens with zero attached hydrogens (tertiary/aromatic N) is 6. The van der Waals surface area contributed by atoms with Gasteiger partial charge in [-0.05, 0) is 50.1 Å². The van der Waals surface area contributed by atoms with Crippen molar-refractivity contribution in [2.75, 3.05) is 57.5 Å². The summed E-state index contributed by atoms with van der Waals surface area (Å²) in [5.41, 5.74) is 3.06. The number of morpholine rings is 1. The van der Waals surface area contributed by atoms with Gasteiger partial charge in [0.2, 0.25) is 0 Å². The zero-order valence-corrected chi connectivity index (χ0v) is 20.8. The zero-order chi connectivity index (χ0) is 24.8. The Balaban J connectivity index is 1.32. The van der Waals surface area contributed by atoms with E-state index in [4.69, 9.17) is 9.47 Å². The number of aryl methyl sites for hydroxylation is 2. The zero-order valence-electron chi connectivity index (χ0n) is 20.8. The number of hydrogen-bond acceptors (Lipinski definition) is 8. The number of aromatic nitrogens is 4. The number of aliphatic hydroxyl groups excluding tert-OH is 1. The maximum absolute atomic E-state index is 15.4. The minimum Gasteiger partial charge on any atom is -0.394 e. The number of aliphatic hydroxyl groups is 1. The highest BCUT2D eigenvalue weighted by Crippen LogP contribution is 2.36. The highest BCUT2D eigenvalue weighted by atomic mass is 19.1. The van der Waals surface area contributed by atoms with Crippen molar-refractivity contribution in [2.24, 2.45) is 0 Å². The fourth-order valence-electron chi connectivity index (χ4n) is 5.68. The number of ether oxygens (including phenoxy) is 2. The summed E-state index contributed by atoms with van der Waals surface area (Å²) < 4.78 is 28.2. The van der Waals surface area contributed by atoms with Crippen LogP contribution in [0.4, 0.5) is 10.2 Å². The Kier molecular flexibility index (Phi) is 6.37. The predicted octanol–water partition coefficient (Wildman–Crippen LogP) is 2.16. The molecule has 192 valence electrons. The summed E-state index contributed by atoms with van der Waals surface area (Å²) >= 11 is 0. The van der Waals surface area contributed by atoms with Crippen LogP contribution in [0.25, 0.3) is 16.7 Å². The molecule has 0 bridgehead atoms. The average molecular weight is 497 g/mol. The van der Waals surface area contributed by atoms with Crippen LogP contribution >= 0.6 is 0 Å². The first-order valence-corrected chi connectivity index (χ1v) is 12.8. The Bertz CT molecular complexity index is 1250. The molecule has 3 aromatic rings. The maximum Gasteiger partial charge on any atom is 0.159 e. The Hall–Kier alpha value is -2.66. The van der Waals surface area contributed by atoms with Crippen molar-refractivity contribution < 1.29 is 19.0 Å². The van der Waals surface area contributed by atoms with E-state index in [9.17, 15) is 5.11 Å². The van der Waals surface area contributed by atoms with Gasteiger partial charge in [-0.2, -0.15) is 5.10 Å². The minimum atomic E-state index is -0.916. The van der Waals surface area contributed by atoms with Crippen LogP contribution in [-0.4, -0.2) is 101 Å². The highest BCUT2D eigenvalue weighted by molar-refractivity contribution is 5.82. The molecule has 2 unspecified atom stereocenters. The number of rotatable bonds is 5. The van der Waals surface area contributed by atoms with Crippen LogP contribution < -0.4 is 4.90 Å². The molecular formula is C26H33FN6O3. The summed E-state index contributed by atoms with van der Waals surface area (Å²) in [5, 5.41) is 15.2. The van der Waals surface area contributed by atoms with E-state index in [0.29, 0.717) is 57.1 Å². The molecular weight excluding hydrogens is 463 g/mol. The Morgan fingerprint density at radius 3 is 2.67 bits per heavy atom. The van der Waals surface area contributed by atoms with Gasteiger partial charge in [0, 0.05) is 37.0 Å². The van der Waals surface area contributed by atoms with E-state index in [1.54, 1.807) is 0 Å². The first-order valence-electron chi connectivity index (χ1n) is 12.8. The van der Waals surface area contributed by atoms with E-state index >= 15 is 4.39 Å². The van der Waals surface area contributed by atoms with Crippen molar-refractivity contribution in [1.29, 1.82) is 0 Å². The summed E-state index contributed by atoms with van der Waals surface area (Å²) in [5.74, 6) is 1.96. The molecule has 10 heteroatoms. The number of piperidine rings is 1. The molecule has 0 saturated carbocycles. The van der Waals surface area contributed by atoms with Crippen molar-refractivity contribution >= 4 is 16.7 Å². The second kappa shape index (κ2) is 9.66. The van der Waals surface area contributed by atoms with E-state index in [-0.39, 0.29) is 18.6 Å². The predicted molar refractivity (Wildman–Crippen MR) is 134 cm³/mol. The van der Waals surface area contributed by atoms with Gasteiger partial charge in [-0.25, -0.2) is 19.0 Å². The molecule has 0 spiro atoms. The molecule has 0 aliphatic carbocycles. The molecule has 36 heavy (non-hydrogen) atoms. The van der Waals surface area contributed by atoms with Crippen molar-refractivity contribution in [2.45, 2.75) is 44.5 Å². The van der Waals surface area contributed by atoms with Gasteiger partial charge in [-0.3, -0.25) is 4.90 Å². The largest absolute Gasteiger partial charge is 0.394 e. The monoisotopic (exact) mass is 496 g/mol. The van der Waals surface area contributed by atoms with Gasteiger partial charge in [0.1, 0.15) is 17.8 Å². The van der Waals surface area contributed by atoms with Gasteiger partial charge in [-0.15, -0.1) is 0 Å². The van der Waals surface area contributed by atoms with Gasteiger partial charge in [0.25, 0.3) is 0 Å². The van der Waals surface area contributed by atoms with Crippen LogP contribution in [0.1, 0.15) is 29.3 Å². The van der Waals surface area contributed by atoms with Crippen LogP contribution in [0.15, 0.2) is 24.4 Å². The van der Waals surface area contributed by atoms with Gasteiger partial charge in [-0.1, -0.05) is 0 Å². The molecule has 3 fully saturated rings. The van der Waals surface area contributed by atoms with Gasteiger partial charge < -0.3 is 19.5 Å². The van der Waals surface area contributed by atoms with E-state index in [1.165, 1.54) is 0 Å². The molecule has 9 nitrogen and oxygen atoms in total. The molecule has 0 radical (unpaired) electrons. The number of likely N-dealkylation sites (tertiary alicyclic amines) is 1. The second-order valence-electron chi connectivity index (χ2n) is 10.2. The average Bonchev–Trinajstić information content (AvgIpc) is 3.25. The molecule has 5 heterocycles. The van der Waals surface area contributed by atoms with Crippen molar-refractivity contribution in [1.82, 2.24) is 24.6 Å². The number of halogens is 1. The molecule has 6 rings (SSSR count). The third kappa shape index (κ3) is 4.36. The SMILES string of the molecule is Cc1nc(N2CCO[C@H](CO)C2)cc(-n2ncc3cc(C)c(C4CCN(C5COC5)CC4F)cc32)n1. The standard InChI is InChI=1S/C26H33FN6O3/c1-16-7-18-10-28-33(26-9-25(29-17(2)30-26)32-5-6-36-20(11-32)13-34)24(18)8-22(16)21-3-4-31(12-23(21)27)19-14-35-15-19/h7-10,19-21,23,34H,3-6,11-15H2,1-2H3/t20-,21?,23?/m0/s1. The van der Waals surface area contributed by atoms with Crippen molar-refractivity contribution in [3.63, 3.8) is 0 Å². The number of hydrogen-bond donors (Lipinski definition) is 1. The lowest BCUT2D eigenvalue weighted by Gasteiger charge is -2.43. The topological polar surface area (TPSA) is 88.8 Å². The summed E-state index contributed by atoms with van der Waals surface area (Å²) in [6.45, 7) is 8.48. The first kappa shape index (κ1) is 23.7. The summed E-state index contributed by atoms with van der Waals surface area (Å²) in [7, 11) is 0. The normalized spacial score (nSPS) is 25.9. The number of fused-ring (bicyclic) bond motifs is 1. The van der Waals surface area contributed by atoms with Gasteiger partial charge >= 0.3 is 0 Å². The van der Waals surface area contributed by atoms with Gasteiger partial charge in [0.05, 0.1) is 50.3 Å². The van der Waals surface area contributed by atoms with E-state index in [2.05, 4.69) is 43.9 Å². The maximum atomic E-state index is 15.4. The molecule has 2 aromatic heterocycles. The number of alkyl halides is 1. The second-order valence-corrected chi connectivity index (χ2v) is 10.2. The quantitative estimate of drug-likeness (QED) is 0.575. The van der Waals surface area contributed by atoms with Crippen LogP contribution in [0, 0.1) is 13.8 Å². The molecule has 3 saturated heterocycles. The van der Waals surface area contributed by atoms with Crippen LogP contribution in [0.3, 0.4) is 0 Å². The molecule has 3 aliphatic heterocycles. The summed E-state index contributed by atoms with van der Waals surface area (Å²) in [6, 6.07) is 6.50. The number of anilines is 1.